The Labute approximate surface area is 98.9 Å². The summed E-state index contributed by atoms with van der Waals surface area (Å²) in [5.74, 6) is -0.207. The number of piperidine rings is 1. The Morgan fingerprint density at radius 3 is 3.12 bits per heavy atom. The molecule has 1 aromatic rings. The highest BCUT2D eigenvalue weighted by molar-refractivity contribution is 5.96. The van der Waals surface area contributed by atoms with E-state index in [1.165, 1.54) is 0 Å². The molecule has 1 fully saturated rings. The minimum absolute atomic E-state index is 0.0357. The highest BCUT2D eigenvalue weighted by Gasteiger charge is 2.28. The van der Waals surface area contributed by atoms with Gasteiger partial charge in [-0.15, -0.1) is 0 Å². The molecule has 0 radical (unpaired) electrons. The van der Waals surface area contributed by atoms with Gasteiger partial charge in [-0.2, -0.15) is 0 Å². The number of carbonyl (C=O) groups is 1. The van der Waals surface area contributed by atoms with Crippen LogP contribution in [0.3, 0.4) is 0 Å². The number of rotatable bonds is 3. The van der Waals surface area contributed by atoms with Crippen LogP contribution in [0.4, 0.5) is 5.82 Å². The second kappa shape index (κ2) is 5.13. The van der Waals surface area contributed by atoms with E-state index in [0.717, 1.165) is 12.8 Å². The molecule has 0 saturated carbocycles. The van der Waals surface area contributed by atoms with Crippen molar-refractivity contribution >= 4 is 11.7 Å². The summed E-state index contributed by atoms with van der Waals surface area (Å²) in [6.45, 7) is 3.86. The third kappa shape index (κ3) is 2.55. The number of hydrogen-bond donors (Lipinski definition) is 1. The number of amides is 1. The van der Waals surface area contributed by atoms with E-state index in [4.69, 9.17) is 10.5 Å². The van der Waals surface area contributed by atoms with Crippen molar-refractivity contribution in [2.45, 2.75) is 25.9 Å². The molecule has 7 nitrogen and oxygen atoms in total. The van der Waals surface area contributed by atoms with Crippen molar-refractivity contribution in [3.8, 4) is 0 Å². The van der Waals surface area contributed by atoms with Crippen LogP contribution in [0.2, 0.25) is 0 Å². The molecule has 17 heavy (non-hydrogen) atoms. The van der Waals surface area contributed by atoms with Gasteiger partial charge in [0.1, 0.15) is 0 Å². The molecule has 1 saturated heterocycles. The van der Waals surface area contributed by atoms with E-state index in [-0.39, 0.29) is 23.5 Å². The average molecular weight is 240 g/mol. The van der Waals surface area contributed by atoms with Crippen LogP contribution >= 0.6 is 0 Å². The highest BCUT2D eigenvalue weighted by Crippen LogP contribution is 2.17. The fourth-order valence-corrected chi connectivity index (χ4v) is 1.99. The number of nitrogens with two attached hydrogens (primary N) is 1. The van der Waals surface area contributed by atoms with Crippen molar-refractivity contribution in [1.29, 1.82) is 0 Å². The Morgan fingerprint density at radius 2 is 2.47 bits per heavy atom. The van der Waals surface area contributed by atoms with Crippen LogP contribution < -0.4 is 5.73 Å². The van der Waals surface area contributed by atoms with Gasteiger partial charge in [-0.25, -0.2) is 4.63 Å². The molecule has 7 heteroatoms. The van der Waals surface area contributed by atoms with Gasteiger partial charge in [-0.1, -0.05) is 0 Å². The summed E-state index contributed by atoms with van der Waals surface area (Å²) in [5.41, 5.74) is 5.58. The number of aromatic nitrogens is 2. The fraction of sp³-hybridized carbons (Fsp3) is 0.700. The zero-order chi connectivity index (χ0) is 12.3. The maximum absolute atomic E-state index is 12.1. The molecule has 0 aliphatic carbocycles. The summed E-state index contributed by atoms with van der Waals surface area (Å²) in [6.07, 6.45) is 1.99. The Kier molecular flexibility index (Phi) is 3.58. The predicted molar refractivity (Wildman–Crippen MR) is 59.3 cm³/mol. The monoisotopic (exact) mass is 240 g/mol. The van der Waals surface area contributed by atoms with E-state index in [0.29, 0.717) is 19.7 Å². The van der Waals surface area contributed by atoms with Crippen molar-refractivity contribution < 1.29 is 14.2 Å². The van der Waals surface area contributed by atoms with Crippen LogP contribution in [-0.4, -0.2) is 46.9 Å². The summed E-state index contributed by atoms with van der Waals surface area (Å²) in [4.78, 5) is 13.7. The van der Waals surface area contributed by atoms with Gasteiger partial charge in [0.25, 0.3) is 5.91 Å². The van der Waals surface area contributed by atoms with Crippen molar-refractivity contribution in [2.75, 3.05) is 25.4 Å². The zero-order valence-corrected chi connectivity index (χ0v) is 9.76. The molecule has 2 N–H and O–H groups in total. The maximum atomic E-state index is 12.1. The lowest BCUT2D eigenvalue weighted by Gasteiger charge is -2.31. The molecule has 2 heterocycles. The van der Waals surface area contributed by atoms with E-state index in [1.807, 2.05) is 6.92 Å². The first kappa shape index (κ1) is 11.8. The smallest absolute Gasteiger partial charge is 0.280 e. The van der Waals surface area contributed by atoms with E-state index in [1.54, 1.807) is 4.90 Å². The molecule has 1 aliphatic rings. The Hall–Kier alpha value is -1.63. The number of nitrogens with zero attached hydrogens (tertiary/aromatic N) is 3. The first-order valence-electron chi connectivity index (χ1n) is 5.71. The Morgan fingerprint density at radius 1 is 1.65 bits per heavy atom. The first-order chi connectivity index (χ1) is 8.22. The maximum Gasteiger partial charge on any atom is 0.280 e. The number of likely N-dealkylation sites (tertiary alicyclic amines) is 1. The van der Waals surface area contributed by atoms with Crippen molar-refractivity contribution in [3.63, 3.8) is 0 Å². The summed E-state index contributed by atoms with van der Waals surface area (Å²) in [5, 5.41) is 6.92. The molecular formula is C10H16N4O3. The summed E-state index contributed by atoms with van der Waals surface area (Å²) in [6, 6.07) is 0. The summed E-state index contributed by atoms with van der Waals surface area (Å²) >= 11 is 0. The van der Waals surface area contributed by atoms with E-state index in [2.05, 4.69) is 14.9 Å². The van der Waals surface area contributed by atoms with Crippen LogP contribution in [0.15, 0.2) is 4.63 Å². The molecule has 2 rings (SSSR count). The topological polar surface area (TPSA) is 94.5 Å². The molecule has 94 valence electrons. The number of carbonyl (C=O) groups excluding carboxylic acids is 1. The quantitative estimate of drug-likeness (QED) is 0.816. The normalized spacial score (nSPS) is 20.5. The number of hydrogen-bond acceptors (Lipinski definition) is 6. The molecule has 0 bridgehead atoms. The molecule has 1 amide bonds. The molecule has 1 aromatic heterocycles. The lowest BCUT2D eigenvalue weighted by atomic mass is 10.1. The third-order valence-electron chi connectivity index (χ3n) is 2.78. The third-order valence-corrected chi connectivity index (χ3v) is 2.78. The molecule has 1 unspecified atom stereocenters. The largest absolute Gasteiger partial charge is 0.379 e. The van der Waals surface area contributed by atoms with Crippen molar-refractivity contribution in [1.82, 2.24) is 15.2 Å². The molecular weight excluding hydrogens is 224 g/mol. The van der Waals surface area contributed by atoms with Gasteiger partial charge in [0.05, 0.1) is 6.10 Å². The minimum Gasteiger partial charge on any atom is -0.379 e. The number of nitrogen functional groups attached to an aromatic ring is 1. The van der Waals surface area contributed by atoms with Crippen LogP contribution in [0.5, 0.6) is 0 Å². The second-order valence-electron chi connectivity index (χ2n) is 3.97. The van der Waals surface area contributed by atoms with Crippen molar-refractivity contribution in [3.05, 3.63) is 5.69 Å². The number of ether oxygens (including phenoxy) is 1. The Bertz CT molecular complexity index is 391. The Balaban J connectivity index is 2.02. The van der Waals surface area contributed by atoms with Crippen LogP contribution in [0.25, 0.3) is 0 Å². The van der Waals surface area contributed by atoms with Gasteiger partial charge >= 0.3 is 0 Å². The molecule has 0 spiro atoms. The van der Waals surface area contributed by atoms with Gasteiger partial charge in [0.15, 0.2) is 0 Å². The van der Waals surface area contributed by atoms with Gasteiger partial charge in [-0.05, 0) is 30.1 Å². The van der Waals surface area contributed by atoms with Gasteiger partial charge in [-0.3, -0.25) is 4.79 Å². The van der Waals surface area contributed by atoms with E-state index < -0.39 is 0 Å². The molecule has 1 aliphatic heterocycles. The van der Waals surface area contributed by atoms with E-state index in [9.17, 15) is 4.79 Å². The van der Waals surface area contributed by atoms with Gasteiger partial charge in [0.2, 0.25) is 11.5 Å². The average Bonchev–Trinajstić information content (AvgIpc) is 2.75. The predicted octanol–water partition coefficient (Wildman–Crippen LogP) is 0.293. The first-order valence-corrected chi connectivity index (χ1v) is 5.71. The van der Waals surface area contributed by atoms with Crippen LogP contribution in [-0.2, 0) is 4.74 Å². The summed E-state index contributed by atoms with van der Waals surface area (Å²) in [7, 11) is 0. The second-order valence-corrected chi connectivity index (χ2v) is 3.97. The van der Waals surface area contributed by atoms with Crippen LogP contribution in [0, 0.1) is 0 Å². The standard InChI is InChI=1S/C10H16N4O3/c1-2-16-7-4-3-5-14(6-7)10(15)8-9(11)13-17-12-8/h7H,2-6H2,1H3,(H2,11,13). The lowest BCUT2D eigenvalue weighted by Crippen LogP contribution is -2.43. The van der Waals surface area contributed by atoms with Gasteiger partial charge < -0.3 is 15.4 Å². The lowest BCUT2D eigenvalue weighted by molar-refractivity contribution is 0.00691. The minimum atomic E-state index is -0.242. The number of anilines is 1. The van der Waals surface area contributed by atoms with Gasteiger partial charge in [0, 0.05) is 19.7 Å². The zero-order valence-electron chi connectivity index (χ0n) is 9.76. The highest BCUT2D eigenvalue weighted by atomic mass is 16.6. The fourth-order valence-electron chi connectivity index (χ4n) is 1.99. The molecule has 0 aromatic carbocycles. The summed E-state index contributed by atoms with van der Waals surface area (Å²) < 4.78 is 9.95. The van der Waals surface area contributed by atoms with Crippen molar-refractivity contribution in [2.24, 2.45) is 0 Å². The SMILES string of the molecule is CCOC1CCCN(C(=O)c2nonc2N)C1. The van der Waals surface area contributed by atoms with Crippen LogP contribution in [0.1, 0.15) is 30.3 Å². The van der Waals surface area contributed by atoms with E-state index >= 15 is 0 Å². The molecule has 1 atom stereocenters.